The Bertz CT molecular complexity index is 1620. The van der Waals surface area contributed by atoms with Crippen molar-refractivity contribution in [2.75, 3.05) is 18.5 Å². The molecule has 0 unspecified atom stereocenters. The van der Waals surface area contributed by atoms with Crippen molar-refractivity contribution in [1.82, 2.24) is 15.3 Å². The summed E-state index contributed by atoms with van der Waals surface area (Å²) in [5.41, 5.74) is 0.960. The third kappa shape index (κ3) is 5.14. The van der Waals surface area contributed by atoms with Gasteiger partial charge in [-0.05, 0) is 42.5 Å². The number of rotatable bonds is 8. The molecule has 0 radical (unpaired) electrons. The first-order valence-electron chi connectivity index (χ1n) is 11.6. The molecule has 0 aliphatic carbocycles. The van der Waals surface area contributed by atoms with Gasteiger partial charge in [0.25, 0.3) is 11.8 Å². The highest BCUT2D eigenvalue weighted by atomic mass is 32.2. The number of nitrogens with one attached hydrogen (secondary N) is 2. The van der Waals surface area contributed by atoms with Crippen LogP contribution in [0.3, 0.4) is 0 Å². The van der Waals surface area contributed by atoms with E-state index in [0.717, 1.165) is 4.88 Å². The van der Waals surface area contributed by atoms with Crippen LogP contribution in [0.5, 0.6) is 5.75 Å². The van der Waals surface area contributed by atoms with E-state index in [1.807, 2.05) is 0 Å². The first-order chi connectivity index (χ1) is 18.4. The Kier molecular flexibility index (Phi) is 7.18. The van der Waals surface area contributed by atoms with Gasteiger partial charge in [-0.15, -0.1) is 11.3 Å². The molecular weight excluding hydrogens is 528 g/mol. The summed E-state index contributed by atoms with van der Waals surface area (Å²) in [7, 11) is -3.95. The number of aliphatic hydroxyl groups is 1. The van der Waals surface area contributed by atoms with Gasteiger partial charge >= 0.3 is 0 Å². The third-order valence-corrected chi connectivity index (χ3v) is 8.59. The number of hydrogen-bond donors (Lipinski definition) is 3. The van der Waals surface area contributed by atoms with E-state index in [9.17, 15) is 18.0 Å². The van der Waals surface area contributed by atoms with E-state index >= 15 is 0 Å². The molecule has 38 heavy (non-hydrogen) atoms. The largest absolute Gasteiger partial charge is 0.492 e. The molecule has 1 aliphatic heterocycles. The van der Waals surface area contributed by atoms with Crippen LogP contribution in [0.25, 0.3) is 10.7 Å². The normalized spacial score (nSPS) is 13.6. The molecule has 194 valence electrons. The van der Waals surface area contributed by atoms with Crippen molar-refractivity contribution in [2.24, 2.45) is 0 Å². The van der Waals surface area contributed by atoms with Crippen LogP contribution in [0.4, 0.5) is 5.69 Å². The van der Waals surface area contributed by atoms with Crippen molar-refractivity contribution in [3.05, 3.63) is 83.0 Å². The molecule has 0 saturated carbocycles. The molecule has 4 aromatic rings. The number of ether oxygens (including phenoxy) is 1. The Morgan fingerprint density at radius 1 is 1.05 bits per heavy atom. The molecule has 0 spiro atoms. The molecule has 2 aromatic carbocycles. The summed E-state index contributed by atoms with van der Waals surface area (Å²) in [6, 6.07) is 13.6. The van der Waals surface area contributed by atoms with Crippen LogP contribution in [0, 0.1) is 0 Å². The third-order valence-electron chi connectivity index (χ3n) is 5.70. The molecule has 10 nitrogen and oxygen atoms in total. The molecule has 3 N–H and O–H groups in total. The smallest absolute Gasteiger partial charge is 0.257 e. The number of amides is 2. The quantitative estimate of drug-likeness (QED) is 0.283. The molecule has 2 aromatic heterocycles. The number of aliphatic hydroxyl groups excluding tert-OH is 1. The lowest BCUT2D eigenvalue weighted by atomic mass is 10.1. The summed E-state index contributed by atoms with van der Waals surface area (Å²) >= 11 is 1.37. The van der Waals surface area contributed by atoms with Crippen LogP contribution < -0.4 is 15.4 Å². The van der Waals surface area contributed by atoms with E-state index in [1.54, 1.807) is 36.7 Å². The fourth-order valence-electron chi connectivity index (χ4n) is 3.82. The van der Waals surface area contributed by atoms with Gasteiger partial charge in [-0.3, -0.25) is 9.59 Å². The van der Waals surface area contributed by atoms with Crippen LogP contribution in [0.15, 0.2) is 76.8 Å². The summed E-state index contributed by atoms with van der Waals surface area (Å²) in [4.78, 5) is 34.9. The van der Waals surface area contributed by atoms with Gasteiger partial charge in [0.1, 0.15) is 10.8 Å². The molecule has 0 bridgehead atoms. The van der Waals surface area contributed by atoms with Gasteiger partial charge in [-0.25, -0.2) is 18.4 Å². The molecule has 2 amide bonds. The minimum absolute atomic E-state index is 0.0498. The lowest BCUT2D eigenvalue weighted by molar-refractivity contribution is 0.0949. The van der Waals surface area contributed by atoms with Crippen molar-refractivity contribution in [1.29, 1.82) is 0 Å². The number of carbonyl (C=O) groups excluding carboxylic acids is 2. The first-order valence-corrected chi connectivity index (χ1v) is 13.9. The second kappa shape index (κ2) is 10.7. The average Bonchev–Trinajstić information content (AvgIpc) is 3.38. The number of sulfone groups is 1. The Balaban J connectivity index is 1.27. The second-order valence-electron chi connectivity index (χ2n) is 8.28. The highest BCUT2D eigenvalue weighted by Crippen LogP contribution is 2.34. The van der Waals surface area contributed by atoms with Gasteiger partial charge in [-0.1, -0.05) is 12.1 Å². The standard InChI is InChI=1S/C26H22N4O6S2/c31-10-3-11-36-17-7-8-20(27-13-17)26-29-15-18(37-26)14-28-24(32)16-6-9-23-21(12-16)30-25(33)19-4-1-2-5-22(19)38(23,34)35/h1-2,4-9,12-13,15,31H,3,10-11,14H2,(H,28,32)(H,30,33). The summed E-state index contributed by atoms with van der Waals surface area (Å²) in [5.74, 6) is -0.394. The highest BCUT2D eigenvalue weighted by molar-refractivity contribution is 7.91. The zero-order valence-electron chi connectivity index (χ0n) is 19.9. The summed E-state index contributed by atoms with van der Waals surface area (Å²) < 4.78 is 31.7. The number of thiazole rings is 1. The molecule has 5 rings (SSSR count). The highest BCUT2D eigenvalue weighted by Gasteiger charge is 2.31. The SMILES string of the molecule is O=C(NCc1cnc(-c2ccc(OCCCO)cn2)s1)c1ccc2c(c1)NC(=O)c1ccccc1S2(=O)=O. The predicted molar refractivity (Wildman–Crippen MR) is 140 cm³/mol. The average molecular weight is 551 g/mol. The molecule has 1 aliphatic rings. The number of anilines is 1. The minimum Gasteiger partial charge on any atom is -0.492 e. The Hall–Kier alpha value is -4.13. The maximum Gasteiger partial charge on any atom is 0.257 e. The van der Waals surface area contributed by atoms with Crippen molar-refractivity contribution in [3.8, 4) is 16.5 Å². The first kappa shape index (κ1) is 25.5. The van der Waals surface area contributed by atoms with Crippen LogP contribution in [-0.2, 0) is 16.4 Å². The fraction of sp³-hybridized carbons (Fsp3) is 0.154. The van der Waals surface area contributed by atoms with Crippen molar-refractivity contribution in [2.45, 2.75) is 22.8 Å². The fourth-order valence-corrected chi connectivity index (χ4v) is 6.24. The van der Waals surface area contributed by atoms with Crippen molar-refractivity contribution >= 4 is 38.7 Å². The van der Waals surface area contributed by atoms with Gasteiger partial charge in [0.15, 0.2) is 0 Å². The number of nitrogens with zero attached hydrogens (tertiary/aromatic N) is 2. The molecule has 0 saturated heterocycles. The van der Waals surface area contributed by atoms with E-state index in [2.05, 4.69) is 20.6 Å². The number of hydrogen-bond acceptors (Lipinski definition) is 9. The van der Waals surface area contributed by atoms with Gasteiger partial charge in [0, 0.05) is 29.7 Å². The number of pyridine rings is 1. The second-order valence-corrected chi connectivity index (χ2v) is 11.3. The maximum absolute atomic E-state index is 13.1. The number of benzene rings is 2. The maximum atomic E-state index is 13.1. The van der Waals surface area contributed by atoms with Crippen molar-refractivity contribution < 1.29 is 27.9 Å². The van der Waals surface area contributed by atoms with Gasteiger partial charge in [-0.2, -0.15) is 0 Å². The van der Waals surface area contributed by atoms with Gasteiger partial charge < -0.3 is 20.5 Å². The monoisotopic (exact) mass is 550 g/mol. The Morgan fingerprint density at radius 2 is 1.89 bits per heavy atom. The number of fused-ring (bicyclic) bond motifs is 2. The molecule has 0 atom stereocenters. The number of carbonyl (C=O) groups is 2. The van der Waals surface area contributed by atoms with Crippen LogP contribution >= 0.6 is 11.3 Å². The zero-order chi connectivity index (χ0) is 26.7. The van der Waals surface area contributed by atoms with Gasteiger partial charge in [0.2, 0.25) is 9.84 Å². The molecular formula is C26H22N4O6S2. The lowest BCUT2D eigenvalue weighted by Crippen LogP contribution is -2.22. The molecule has 0 fully saturated rings. The van der Waals surface area contributed by atoms with E-state index in [-0.39, 0.29) is 39.8 Å². The number of aromatic nitrogens is 2. The summed E-state index contributed by atoms with van der Waals surface area (Å²) in [5, 5.41) is 14.9. The van der Waals surface area contributed by atoms with Crippen LogP contribution in [0.1, 0.15) is 32.0 Å². The lowest BCUT2D eigenvalue weighted by Gasteiger charge is -2.10. The van der Waals surface area contributed by atoms with Crippen LogP contribution in [0.2, 0.25) is 0 Å². The topological polar surface area (TPSA) is 148 Å². The van der Waals surface area contributed by atoms with E-state index in [4.69, 9.17) is 9.84 Å². The van der Waals surface area contributed by atoms with Crippen molar-refractivity contribution in [3.63, 3.8) is 0 Å². The summed E-state index contributed by atoms with van der Waals surface area (Å²) in [6.07, 6.45) is 3.77. The van der Waals surface area contributed by atoms with Gasteiger partial charge in [0.05, 0.1) is 46.1 Å². The van der Waals surface area contributed by atoms with Crippen LogP contribution in [-0.4, -0.2) is 48.5 Å². The Morgan fingerprint density at radius 3 is 2.68 bits per heavy atom. The van der Waals surface area contributed by atoms with E-state index < -0.39 is 21.7 Å². The molecule has 12 heteroatoms. The van der Waals surface area contributed by atoms with E-state index in [0.29, 0.717) is 29.5 Å². The Labute approximate surface area is 222 Å². The predicted octanol–water partition coefficient (Wildman–Crippen LogP) is 3.29. The summed E-state index contributed by atoms with van der Waals surface area (Å²) in [6.45, 7) is 0.661. The molecule has 3 heterocycles. The van der Waals surface area contributed by atoms with E-state index in [1.165, 1.54) is 41.7 Å². The minimum atomic E-state index is -3.95. The zero-order valence-corrected chi connectivity index (χ0v) is 21.5.